The molecule has 1 N–H and O–H groups in total. The van der Waals surface area contributed by atoms with Crippen molar-refractivity contribution in [1.29, 1.82) is 0 Å². The highest BCUT2D eigenvalue weighted by Gasteiger charge is 2.49. The van der Waals surface area contributed by atoms with E-state index in [-0.39, 0.29) is 29.1 Å². The molecule has 1 aliphatic heterocycles. The van der Waals surface area contributed by atoms with Crippen LogP contribution in [0.3, 0.4) is 0 Å². The average molecular weight is 591 g/mol. The molecule has 1 aromatic carbocycles. The third-order valence-corrected chi connectivity index (χ3v) is 7.84. The second kappa shape index (κ2) is 11.1. The molecule has 0 bridgehead atoms. The molecule has 0 spiro atoms. The Hall–Kier alpha value is -3.00. The van der Waals surface area contributed by atoms with E-state index in [1.165, 1.54) is 12.3 Å². The highest BCUT2D eigenvalue weighted by molar-refractivity contribution is 7.88. The van der Waals surface area contributed by atoms with E-state index >= 15 is 0 Å². The maximum atomic E-state index is 13.1. The number of alkyl halides is 3. The number of aromatic nitrogens is 1. The van der Waals surface area contributed by atoms with Gasteiger partial charge >= 0.3 is 21.7 Å². The summed E-state index contributed by atoms with van der Waals surface area (Å²) in [4.78, 5) is 25.8. The average Bonchev–Trinajstić information content (AvgIpc) is 3.50. The van der Waals surface area contributed by atoms with Gasteiger partial charge in [0.05, 0.1) is 12.6 Å². The molecular formula is C26H33F3N2O8S. The highest BCUT2D eigenvalue weighted by atomic mass is 32.2. The summed E-state index contributed by atoms with van der Waals surface area (Å²) in [6.45, 7) is 5.53. The summed E-state index contributed by atoms with van der Waals surface area (Å²) in [7, 11) is -4.85. The number of halogens is 3. The fourth-order valence-electron chi connectivity index (χ4n) is 5.12. The lowest BCUT2D eigenvalue weighted by Gasteiger charge is -2.30. The maximum Gasteiger partial charge on any atom is 0.534 e. The van der Waals surface area contributed by atoms with Crippen molar-refractivity contribution in [1.82, 2.24) is 9.88 Å². The molecule has 1 saturated carbocycles. The minimum Gasteiger partial charge on any atom is -0.493 e. The molecule has 1 amide bonds. The largest absolute Gasteiger partial charge is 0.534 e. The van der Waals surface area contributed by atoms with Crippen LogP contribution in [0.15, 0.2) is 18.3 Å². The Kier molecular flexibility index (Phi) is 8.32. The molecule has 2 heterocycles. The van der Waals surface area contributed by atoms with Gasteiger partial charge in [-0.05, 0) is 70.4 Å². The first-order valence-electron chi connectivity index (χ1n) is 13.0. The van der Waals surface area contributed by atoms with Gasteiger partial charge in [-0.25, -0.2) is 4.79 Å². The number of rotatable bonds is 6. The van der Waals surface area contributed by atoms with Crippen molar-refractivity contribution >= 4 is 33.0 Å². The van der Waals surface area contributed by atoms with Crippen LogP contribution in [0.5, 0.6) is 11.5 Å². The molecule has 10 nitrogen and oxygen atoms in total. The van der Waals surface area contributed by atoms with Crippen LogP contribution in [-0.4, -0.2) is 62.0 Å². The second-order valence-electron chi connectivity index (χ2n) is 11.0. The Morgan fingerprint density at radius 3 is 2.40 bits per heavy atom. The normalized spacial score (nSPS) is 22.2. The molecule has 3 atom stereocenters. The lowest BCUT2D eigenvalue weighted by atomic mass is 9.81. The third kappa shape index (κ3) is 6.48. The molecule has 2 fully saturated rings. The molecule has 222 valence electrons. The molecule has 1 aromatic heterocycles. The Morgan fingerprint density at radius 2 is 1.80 bits per heavy atom. The zero-order chi connectivity index (χ0) is 29.5. The Morgan fingerprint density at radius 1 is 1.07 bits per heavy atom. The molecule has 2 aromatic rings. The predicted molar refractivity (Wildman–Crippen MR) is 138 cm³/mol. The molecule has 40 heavy (non-hydrogen) atoms. The van der Waals surface area contributed by atoms with Gasteiger partial charge < -0.3 is 23.7 Å². The summed E-state index contributed by atoms with van der Waals surface area (Å²) in [5.41, 5.74) is -5.79. The van der Waals surface area contributed by atoms with Gasteiger partial charge in [0.2, 0.25) is 5.91 Å². The van der Waals surface area contributed by atoms with E-state index in [1.807, 2.05) is 0 Å². The van der Waals surface area contributed by atoms with Gasteiger partial charge in [-0.3, -0.25) is 9.36 Å². The highest BCUT2D eigenvalue weighted by Crippen LogP contribution is 2.43. The molecular weight excluding hydrogens is 557 g/mol. The van der Waals surface area contributed by atoms with E-state index in [0.717, 1.165) is 43.4 Å². The van der Waals surface area contributed by atoms with Gasteiger partial charge in [0.15, 0.2) is 11.5 Å². The van der Waals surface area contributed by atoms with E-state index < -0.39 is 39.2 Å². The van der Waals surface area contributed by atoms with Crippen molar-refractivity contribution in [3.63, 3.8) is 0 Å². The molecule has 1 aliphatic carbocycles. The van der Waals surface area contributed by atoms with Crippen LogP contribution >= 0.6 is 0 Å². The summed E-state index contributed by atoms with van der Waals surface area (Å²) in [5.74, 6) is -1.28. The molecule has 0 unspecified atom stereocenters. The number of nitrogens with one attached hydrogen (secondary N) is 1. The first-order valence-corrected chi connectivity index (χ1v) is 14.4. The Labute approximate surface area is 230 Å². The first kappa shape index (κ1) is 30.0. The smallest absolute Gasteiger partial charge is 0.493 e. The van der Waals surface area contributed by atoms with Crippen molar-refractivity contribution in [3.8, 4) is 11.5 Å². The number of benzene rings is 1. The number of hydrogen-bond donors (Lipinski definition) is 1. The summed E-state index contributed by atoms with van der Waals surface area (Å²) in [5, 5.41) is 3.51. The number of carbonyl (C=O) groups is 2. The number of fused-ring (bicyclic) bond motifs is 1. The zero-order valence-corrected chi connectivity index (χ0v) is 23.5. The van der Waals surface area contributed by atoms with Gasteiger partial charge in [-0.15, -0.1) is 0 Å². The van der Waals surface area contributed by atoms with E-state index in [2.05, 4.69) is 9.50 Å². The SMILES string of the molecule is COc1cc2c([C@H]3CCC[C@@H](NC(=O)[C@@H]4CCCO4)C3)cn(C(=O)OC(C)(C)C)c2cc1OS(=O)(=O)C(F)(F)F. The van der Waals surface area contributed by atoms with Crippen LogP contribution in [0.2, 0.25) is 0 Å². The molecule has 2 aliphatic rings. The standard InChI is InChI=1S/C26H33F3N2O8S/c1-25(2,3)38-24(33)31-14-18(15-7-5-8-16(11-15)30-23(32)20-9-6-10-37-20)17-12-21(36-4)22(13-19(17)31)39-40(34,35)26(27,28)29/h12-16,20H,5-11H2,1-4H3,(H,30,32)/t15-,16+,20-/m0/s1. The van der Waals surface area contributed by atoms with Gasteiger partial charge in [0.1, 0.15) is 11.7 Å². The summed E-state index contributed by atoms with van der Waals surface area (Å²) < 4.78 is 84.4. The van der Waals surface area contributed by atoms with Crippen LogP contribution < -0.4 is 14.2 Å². The fraction of sp³-hybridized carbons (Fsp3) is 0.615. The fourth-order valence-corrected chi connectivity index (χ4v) is 5.58. The first-order chi connectivity index (χ1) is 18.6. The molecule has 14 heteroatoms. The topological polar surface area (TPSA) is 122 Å². The number of carbonyl (C=O) groups excluding carboxylic acids is 2. The quantitative estimate of drug-likeness (QED) is 0.369. The minimum absolute atomic E-state index is 0.0861. The summed E-state index contributed by atoms with van der Waals surface area (Å²) in [6.07, 6.45) is 4.57. The van der Waals surface area contributed by atoms with Crippen LogP contribution in [-0.2, 0) is 24.4 Å². The van der Waals surface area contributed by atoms with Gasteiger partial charge in [0, 0.05) is 30.3 Å². The molecule has 4 rings (SSSR count). The van der Waals surface area contributed by atoms with Crippen molar-refractivity contribution in [3.05, 3.63) is 23.9 Å². The Bertz CT molecular complexity index is 1370. The summed E-state index contributed by atoms with van der Waals surface area (Å²) in [6, 6.07) is 2.22. The van der Waals surface area contributed by atoms with Crippen LogP contribution in [0, 0.1) is 0 Å². The minimum atomic E-state index is -6.01. The predicted octanol–water partition coefficient (Wildman–Crippen LogP) is 4.98. The monoisotopic (exact) mass is 590 g/mol. The van der Waals surface area contributed by atoms with Crippen molar-refractivity contribution in [2.45, 2.75) is 88.5 Å². The lowest BCUT2D eigenvalue weighted by Crippen LogP contribution is -2.43. The molecule has 1 saturated heterocycles. The van der Waals surface area contributed by atoms with Crippen LogP contribution in [0.25, 0.3) is 10.9 Å². The summed E-state index contributed by atoms with van der Waals surface area (Å²) >= 11 is 0. The van der Waals surface area contributed by atoms with E-state index in [4.69, 9.17) is 14.2 Å². The van der Waals surface area contributed by atoms with Crippen LogP contribution in [0.1, 0.15) is 70.8 Å². The lowest BCUT2D eigenvalue weighted by molar-refractivity contribution is -0.131. The number of hydrogen-bond acceptors (Lipinski definition) is 8. The number of nitrogens with zero attached hydrogens (tertiary/aromatic N) is 1. The van der Waals surface area contributed by atoms with Crippen molar-refractivity contribution < 1.29 is 49.6 Å². The number of ether oxygens (including phenoxy) is 3. The van der Waals surface area contributed by atoms with Crippen molar-refractivity contribution in [2.24, 2.45) is 0 Å². The van der Waals surface area contributed by atoms with Gasteiger partial charge in [-0.1, -0.05) is 6.42 Å². The number of methoxy groups -OCH3 is 1. The van der Waals surface area contributed by atoms with E-state index in [1.54, 1.807) is 20.8 Å². The second-order valence-corrected chi connectivity index (χ2v) is 12.5. The maximum absolute atomic E-state index is 13.1. The van der Waals surface area contributed by atoms with Crippen LogP contribution in [0.4, 0.5) is 18.0 Å². The van der Waals surface area contributed by atoms with Gasteiger partial charge in [-0.2, -0.15) is 21.6 Å². The van der Waals surface area contributed by atoms with E-state index in [9.17, 15) is 31.2 Å². The number of amides is 1. The Balaban J connectivity index is 1.74. The third-order valence-electron chi connectivity index (χ3n) is 6.88. The van der Waals surface area contributed by atoms with Crippen molar-refractivity contribution in [2.75, 3.05) is 13.7 Å². The van der Waals surface area contributed by atoms with Gasteiger partial charge in [0.25, 0.3) is 0 Å². The zero-order valence-electron chi connectivity index (χ0n) is 22.7. The van der Waals surface area contributed by atoms with E-state index in [0.29, 0.717) is 30.4 Å². The molecule has 0 radical (unpaired) electrons.